The van der Waals surface area contributed by atoms with Gasteiger partial charge in [0.25, 0.3) is 0 Å². The highest BCUT2D eigenvalue weighted by molar-refractivity contribution is 8.13. The number of aromatic nitrogens is 1. The number of carbonyl (C=O) groups excluding carboxylic acids is 3. The molecule has 0 aromatic carbocycles. The van der Waals surface area contributed by atoms with Gasteiger partial charge in [-0.1, -0.05) is 29.5 Å². The van der Waals surface area contributed by atoms with E-state index in [9.17, 15) is 28.5 Å². The number of nitrogens with zero attached hydrogens (tertiary/aromatic N) is 2. The first-order valence-electron chi connectivity index (χ1n) is 15.3. The molecule has 2 aromatic heterocycles. The fraction of sp³-hybridized carbons (Fsp3) is 0.531. The number of ketones is 1. The van der Waals surface area contributed by atoms with Crippen LogP contribution in [0, 0.1) is 6.92 Å². The van der Waals surface area contributed by atoms with Crippen LogP contribution in [0.2, 0.25) is 0 Å². The molecule has 254 valence electrons. The Morgan fingerprint density at radius 1 is 1.23 bits per heavy atom. The summed E-state index contributed by atoms with van der Waals surface area (Å²) in [6.45, 7) is 6.81. The van der Waals surface area contributed by atoms with Crippen LogP contribution < -0.4 is 5.82 Å². The normalized spacial score (nSPS) is 31.1. The number of thiazole rings is 1. The van der Waals surface area contributed by atoms with Gasteiger partial charge in [-0.25, -0.2) is 14.0 Å². The molecule has 1 N–H and O–H groups in total. The van der Waals surface area contributed by atoms with Crippen molar-refractivity contribution in [3.8, 4) is 0 Å². The molecule has 12 nitrogen and oxygen atoms in total. The van der Waals surface area contributed by atoms with E-state index in [4.69, 9.17) is 18.3 Å². The highest BCUT2D eigenvalue weighted by atomic mass is 32.2. The minimum atomic E-state index is -2.27. The Bertz CT molecular complexity index is 1680. The molecule has 4 bridgehead atoms. The van der Waals surface area contributed by atoms with Gasteiger partial charge in [-0.3, -0.25) is 18.7 Å². The van der Waals surface area contributed by atoms with Crippen LogP contribution in [0.4, 0.5) is 0 Å². The van der Waals surface area contributed by atoms with E-state index in [0.29, 0.717) is 41.1 Å². The van der Waals surface area contributed by atoms with Crippen LogP contribution in [0.15, 0.2) is 48.9 Å². The Morgan fingerprint density at radius 3 is 2.70 bits per heavy atom. The number of hydrogen-bond acceptors (Lipinski definition) is 13. The summed E-state index contributed by atoms with van der Waals surface area (Å²) in [6.07, 6.45) is 8.85. The number of carbonyl (C=O) groups is 3. The fourth-order valence-corrected chi connectivity index (χ4v) is 9.66. The summed E-state index contributed by atoms with van der Waals surface area (Å²) in [5.41, 5.74) is -1.01. The Morgan fingerprint density at radius 2 is 2.00 bits per heavy atom. The molecule has 1 amide bonds. The highest BCUT2D eigenvalue weighted by Crippen LogP contribution is 2.48. The number of thioether (sulfide) groups is 1. The molecular formula is C32H38N2O10S3. The Balaban J connectivity index is 1.51. The maximum atomic E-state index is 14.5. The molecule has 0 saturated carbocycles. The number of allylic oxidation sites excluding steroid dienone is 3. The molecule has 6 atom stereocenters. The molecule has 2 saturated heterocycles. The molecule has 0 spiro atoms. The van der Waals surface area contributed by atoms with Gasteiger partial charge >= 0.3 is 5.82 Å². The zero-order chi connectivity index (χ0) is 33.9. The second-order valence-electron chi connectivity index (χ2n) is 12.0. The second-order valence-corrected chi connectivity index (χ2v) is 15.5. The molecule has 1 unspecified atom stereocenters. The Kier molecular flexibility index (Phi) is 11.0. The first kappa shape index (κ1) is 35.4. The molecule has 47 heavy (non-hydrogen) atoms. The summed E-state index contributed by atoms with van der Waals surface area (Å²) < 4.78 is 35.7. The van der Waals surface area contributed by atoms with Crippen molar-refractivity contribution in [2.24, 2.45) is 0 Å². The number of amides is 1. The molecule has 3 aliphatic heterocycles. The van der Waals surface area contributed by atoms with Crippen LogP contribution in [0.1, 0.15) is 87.6 Å². The van der Waals surface area contributed by atoms with Crippen LogP contribution >= 0.6 is 23.1 Å². The number of hydrogen-bond donors (Lipinski definition) is 1. The van der Waals surface area contributed by atoms with E-state index in [0.717, 1.165) is 12.8 Å². The topological polar surface area (TPSA) is 166 Å². The van der Waals surface area contributed by atoms with E-state index in [1.165, 1.54) is 35.6 Å². The molecule has 0 radical (unpaired) electrons. The smallest absolute Gasteiger partial charge is 0.396 e. The summed E-state index contributed by atoms with van der Waals surface area (Å²) in [5, 5.41) is 13.6. The van der Waals surface area contributed by atoms with Gasteiger partial charge in [0.05, 0.1) is 23.9 Å². The minimum Gasteiger partial charge on any atom is -0.396 e. The van der Waals surface area contributed by atoms with Gasteiger partial charge in [-0.2, -0.15) is 0 Å². The molecule has 5 heterocycles. The van der Waals surface area contributed by atoms with Gasteiger partial charge in [0, 0.05) is 12.0 Å². The van der Waals surface area contributed by atoms with Crippen molar-refractivity contribution in [3.05, 3.63) is 68.1 Å². The van der Waals surface area contributed by atoms with Gasteiger partial charge in [0.1, 0.15) is 38.2 Å². The lowest BCUT2D eigenvalue weighted by atomic mass is 9.81. The van der Waals surface area contributed by atoms with Gasteiger partial charge in [-0.05, 0) is 78.0 Å². The summed E-state index contributed by atoms with van der Waals surface area (Å²) >= 11 is 1.96. The van der Waals surface area contributed by atoms with Gasteiger partial charge in [0.15, 0.2) is 17.8 Å². The largest absolute Gasteiger partial charge is 0.519 e. The van der Waals surface area contributed by atoms with E-state index in [-0.39, 0.29) is 42.3 Å². The molecule has 15 heteroatoms. The maximum absolute atomic E-state index is 14.5. The number of aliphatic hydroxyl groups is 1. The standard InChI is InChI=1S/C32H38N2O10S3/c1-19-12-13-32(31(4,39)29(37)46-18-25-21(3)42-30(38)44-25)16-26(36)34(47(32)40)20(2)28-33-22(17-45-28)9-5-6-10-23(35)24(15-19)43-27-11-7-8-14-41-27/h5-6,9-10,15,17,20,24,27,39H,7-8,11-14,16,18H2,1-4H3/b9-5-,10-6+,19-15+/t20-,24-,27-,31+,32-,47?/m1/s1. The third kappa shape index (κ3) is 7.55. The van der Waals surface area contributed by atoms with Crippen molar-refractivity contribution in [1.29, 1.82) is 0 Å². The van der Waals surface area contributed by atoms with Crippen LogP contribution in [-0.2, 0) is 40.6 Å². The summed E-state index contributed by atoms with van der Waals surface area (Å²) in [4.78, 5) is 56.9. The highest BCUT2D eigenvalue weighted by Gasteiger charge is 2.64. The van der Waals surface area contributed by atoms with E-state index >= 15 is 0 Å². The predicted molar refractivity (Wildman–Crippen MR) is 176 cm³/mol. The van der Waals surface area contributed by atoms with Crippen LogP contribution in [0.3, 0.4) is 0 Å². The number of fused-ring (bicyclic) bond motifs is 4. The molecule has 5 rings (SSSR count). The molecule has 0 aliphatic carbocycles. The zero-order valence-corrected chi connectivity index (χ0v) is 29.0. The first-order chi connectivity index (χ1) is 22.3. The quantitative estimate of drug-likeness (QED) is 0.412. The number of rotatable bonds is 6. The lowest BCUT2D eigenvalue weighted by Crippen LogP contribution is -2.58. The average molecular weight is 707 g/mol. The predicted octanol–water partition coefficient (Wildman–Crippen LogP) is 4.69. The van der Waals surface area contributed by atoms with E-state index in [1.807, 2.05) is 0 Å². The average Bonchev–Trinajstić information content (AvgIpc) is 3.71. The van der Waals surface area contributed by atoms with Crippen molar-refractivity contribution in [2.75, 3.05) is 6.61 Å². The second kappa shape index (κ2) is 14.7. The van der Waals surface area contributed by atoms with Crippen LogP contribution in [0.25, 0.3) is 6.08 Å². The Hall–Kier alpha value is -2.95. The van der Waals surface area contributed by atoms with Crippen molar-refractivity contribution >= 4 is 57.0 Å². The maximum Gasteiger partial charge on any atom is 0.519 e. The number of aryl methyl sites for hydroxylation is 1. The van der Waals surface area contributed by atoms with Gasteiger partial charge in [-0.15, -0.1) is 11.3 Å². The fourth-order valence-electron chi connectivity index (χ4n) is 5.73. The van der Waals surface area contributed by atoms with Crippen molar-refractivity contribution in [2.45, 2.75) is 101 Å². The lowest BCUT2D eigenvalue weighted by molar-refractivity contribution is -0.181. The van der Waals surface area contributed by atoms with E-state index in [2.05, 4.69) is 4.98 Å². The summed E-state index contributed by atoms with van der Waals surface area (Å²) in [6, 6.07) is -0.712. The summed E-state index contributed by atoms with van der Waals surface area (Å²) in [5.74, 6) is -1.49. The van der Waals surface area contributed by atoms with E-state index in [1.54, 1.807) is 43.5 Å². The summed E-state index contributed by atoms with van der Waals surface area (Å²) in [7, 11) is -2.18. The molecule has 2 fully saturated rings. The minimum absolute atomic E-state index is 0.0304. The molecule has 2 aromatic rings. The number of ether oxygens (including phenoxy) is 2. The van der Waals surface area contributed by atoms with Crippen molar-refractivity contribution in [1.82, 2.24) is 9.29 Å². The van der Waals surface area contributed by atoms with E-state index < -0.39 is 56.6 Å². The monoisotopic (exact) mass is 706 g/mol. The molecular weight excluding hydrogens is 669 g/mol. The zero-order valence-electron chi connectivity index (χ0n) is 26.6. The third-order valence-electron chi connectivity index (χ3n) is 8.61. The van der Waals surface area contributed by atoms with Gasteiger partial charge in [0.2, 0.25) is 11.0 Å². The first-order valence-corrected chi connectivity index (χ1v) is 18.3. The lowest BCUT2D eigenvalue weighted by Gasteiger charge is -2.39. The van der Waals surface area contributed by atoms with Crippen LogP contribution in [-0.4, -0.2) is 64.8 Å². The van der Waals surface area contributed by atoms with Crippen LogP contribution in [0.5, 0.6) is 0 Å². The Labute approximate surface area is 282 Å². The van der Waals surface area contributed by atoms with Crippen molar-refractivity contribution < 1.29 is 42.0 Å². The molecule has 3 aliphatic rings. The SMILES string of the molecule is C/C1=C\[C@@H](O[C@@H]2CCCCO2)C(=O)/C=C/C=C\c2csc(n2)[C@@H](C)N2C(=O)C[C@@]([C@@](C)(O)C(=O)SCc3oc(=O)oc3C)(CC1)S2=O. The van der Waals surface area contributed by atoms with Gasteiger partial charge < -0.3 is 23.4 Å². The third-order valence-corrected chi connectivity index (χ3v) is 13.0. The van der Waals surface area contributed by atoms with Crippen molar-refractivity contribution in [3.63, 3.8) is 0 Å².